The van der Waals surface area contributed by atoms with E-state index in [2.05, 4.69) is 31.1 Å². The van der Waals surface area contributed by atoms with Crippen molar-refractivity contribution in [3.63, 3.8) is 0 Å². The standard InChI is InChI=1S/C15H21N7O/c23-15(17-7-10-21-8-5-16-6-9-21)11-13-1-3-14(4-2-13)22-12-18-19-20-22/h1-4,12,16H,5-11H2,(H,17,23). The van der Waals surface area contributed by atoms with Crippen molar-refractivity contribution < 1.29 is 4.79 Å². The summed E-state index contributed by atoms with van der Waals surface area (Å²) in [5.41, 5.74) is 1.85. The Balaban J connectivity index is 1.42. The first kappa shape index (κ1) is 15.6. The molecule has 1 aliphatic heterocycles. The number of nitrogens with zero attached hydrogens (tertiary/aromatic N) is 5. The second-order valence-corrected chi connectivity index (χ2v) is 5.54. The molecule has 23 heavy (non-hydrogen) atoms. The Morgan fingerprint density at radius 2 is 2.00 bits per heavy atom. The molecule has 0 unspecified atom stereocenters. The molecule has 1 aromatic carbocycles. The zero-order valence-corrected chi connectivity index (χ0v) is 13.0. The molecule has 2 heterocycles. The average Bonchev–Trinajstić information content (AvgIpc) is 3.11. The number of carbonyl (C=O) groups excluding carboxylic acids is 1. The molecule has 0 radical (unpaired) electrons. The van der Waals surface area contributed by atoms with Gasteiger partial charge in [-0.1, -0.05) is 12.1 Å². The van der Waals surface area contributed by atoms with Crippen LogP contribution in [0.25, 0.3) is 5.69 Å². The molecule has 0 bridgehead atoms. The Bertz CT molecular complexity index is 605. The second-order valence-electron chi connectivity index (χ2n) is 5.54. The van der Waals surface area contributed by atoms with Gasteiger partial charge in [0.2, 0.25) is 5.91 Å². The SMILES string of the molecule is O=C(Cc1ccc(-n2cnnn2)cc1)NCCN1CCNCC1. The van der Waals surface area contributed by atoms with Crippen LogP contribution in [0.4, 0.5) is 0 Å². The number of piperazine rings is 1. The van der Waals surface area contributed by atoms with Gasteiger partial charge < -0.3 is 10.6 Å². The molecule has 2 N–H and O–H groups in total. The van der Waals surface area contributed by atoms with Crippen molar-refractivity contribution in [1.29, 1.82) is 0 Å². The van der Waals surface area contributed by atoms with Gasteiger partial charge in [0.05, 0.1) is 12.1 Å². The Labute approximate surface area is 134 Å². The molecule has 0 saturated carbocycles. The molecule has 8 nitrogen and oxygen atoms in total. The summed E-state index contributed by atoms with van der Waals surface area (Å²) >= 11 is 0. The quantitative estimate of drug-likeness (QED) is 0.727. The van der Waals surface area contributed by atoms with Gasteiger partial charge in [-0.3, -0.25) is 9.69 Å². The summed E-state index contributed by atoms with van der Waals surface area (Å²) < 4.78 is 1.58. The number of benzene rings is 1. The second kappa shape index (κ2) is 7.80. The molecule has 2 aromatic rings. The largest absolute Gasteiger partial charge is 0.355 e. The molecule has 8 heteroatoms. The fourth-order valence-corrected chi connectivity index (χ4v) is 2.58. The topological polar surface area (TPSA) is 88.0 Å². The van der Waals surface area contributed by atoms with Crippen molar-refractivity contribution in [2.75, 3.05) is 39.3 Å². The predicted octanol–water partition coefficient (Wildman–Crippen LogP) is -0.774. The molecular weight excluding hydrogens is 294 g/mol. The highest BCUT2D eigenvalue weighted by molar-refractivity contribution is 5.78. The van der Waals surface area contributed by atoms with E-state index in [9.17, 15) is 4.79 Å². The number of carbonyl (C=O) groups is 1. The molecule has 1 aromatic heterocycles. The average molecular weight is 315 g/mol. The van der Waals surface area contributed by atoms with E-state index in [0.717, 1.165) is 44.0 Å². The van der Waals surface area contributed by atoms with Crippen molar-refractivity contribution in [3.05, 3.63) is 36.2 Å². The summed E-state index contributed by atoms with van der Waals surface area (Å²) in [6.07, 6.45) is 1.93. The minimum absolute atomic E-state index is 0.0512. The molecule has 0 aliphatic carbocycles. The van der Waals surface area contributed by atoms with E-state index in [1.54, 1.807) is 4.68 Å². The Morgan fingerprint density at radius 3 is 2.70 bits per heavy atom. The van der Waals surface area contributed by atoms with Crippen LogP contribution in [0.15, 0.2) is 30.6 Å². The first-order valence-corrected chi connectivity index (χ1v) is 7.83. The molecule has 0 spiro atoms. The molecule has 1 saturated heterocycles. The molecular formula is C15H21N7O. The fraction of sp³-hybridized carbons (Fsp3) is 0.467. The lowest BCUT2D eigenvalue weighted by Crippen LogP contribution is -2.46. The van der Waals surface area contributed by atoms with Gasteiger partial charge in [-0.05, 0) is 28.1 Å². The number of amides is 1. The third-order valence-electron chi connectivity index (χ3n) is 3.87. The van der Waals surface area contributed by atoms with Crippen LogP contribution in [0, 0.1) is 0 Å². The van der Waals surface area contributed by atoms with E-state index in [4.69, 9.17) is 0 Å². The number of hydrogen-bond acceptors (Lipinski definition) is 6. The molecule has 0 atom stereocenters. The van der Waals surface area contributed by atoms with Gasteiger partial charge in [0.15, 0.2) is 0 Å². The zero-order chi connectivity index (χ0) is 15.9. The molecule has 1 amide bonds. The first-order chi connectivity index (χ1) is 11.3. The van der Waals surface area contributed by atoms with Crippen molar-refractivity contribution in [2.24, 2.45) is 0 Å². The van der Waals surface area contributed by atoms with E-state index < -0.39 is 0 Å². The van der Waals surface area contributed by atoms with E-state index in [1.165, 1.54) is 6.33 Å². The van der Waals surface area contributed by atoms with E-state index in [0.29, 0.717) is 13.0 Å². The minimum atomic E-state index is 0.0512. The summed E-state index contributed by atoms with van der Waals surface area (Å²) in [4.78, 5) is 14.3. The summed E-state index contributed by atoms with van der Waals surface area (Å²) in [6.45, 7) is 5.76. The molecule has 1 fully saturated rings. The molecule has 1 aliphatic rings. The van der Waals surface area contributed by atoms with Crippen LogP contribution in [0.1, 0.15) is 5.56 Å². The van der Waals surface area contributed by atoms with E-state index >= 15 is 0 Å². The van der Waals surface area contributed by atoms with Crippen LogP contribution in [-0.2, 0) is 11.2 Å². The number of tetrazole rings is 1. The lowest BCUT2D eigenvalue weighted by molar-refractivity contribution is -0.120. The van der Waals surface area contributed by atoms with Gasteiger partial charge in [-0.15, -0.1) is 5.10 Å². The lowest BCUT2D eigenvalue weighted by atomic mass is 10.1. The number of rotatable bonds is 6. The molecule has 3 rings (SSSR count). The highest BCUT2D eigenvalue weighted by atomic mass is 16.1. The smallest absolute Gasteiger partial charge is 0.224 e. The number of aromatic nitrogens is 4. The van der Waals surface area contributed by atoms with Crippen molar-refractivity contribution >= 4 is 5.91 Å². The lowest BCUT2D eigenvalue weighted by Gasteiger charge is -2.27. The Morgan fingerprint density at radius 1 is 1.22 bits per heavy atom. The maximum Gasteiger partial charge on any atom is 0.224 e. The van der Waals surface area contributed by atoms with Crippen LogP contribution in [-0.4, -0.2) is 70.3 Å². The van der Waals surface area contributed by atoms with Gasteiger partial charge in [-0.2, -0.15) is 0 Å². The van der Waals surface area contributed by atoms with E-state index in [-0.39, 0.29) is 5.91 Å². The van der Waals surface area contributed by atoms with Gasteiger partial charge in [0.25, 0.3) is 0 Å². The molecule has 122 valence electrons. The van der Waals surface area contributed by atoms with Gasteiger partial charge in [0.1, 0.15) is 6.33 Å². The van der Waals surface area contributed by atoms with Crippen molar-refractivity contribution in [3.8, 4) is 5.69 Å². The predicted molar refractivity (Wildman–Crippen MR) is 85.2 cm³/mol. The maximum atomic E-state index is 12.0. The maximum absolute atomic E-state index is 12.0. The van der Waals surface area contributed by atoms with Crippen LogP contribution in [0.5, 0.6) is 0 Å². The van der Waals surface area contributed by atoms with Gasteiger partial charge in [0, 0.05) is 39.3 Å². The Hall–Kier alpha value is -2.32. The number of hydrogen-bond donors (Lipinski definition) is 2. The zero-order valence-electron chi connectivity index (χ0n) is 13.0. The normalized spacial score (nSPS) is 15.5. The van der Waals surface area contributed by atoms with Crippen LogP contribution in [0.3, 0.4) is 0 Å². The third kappa shape index (κ3) is 4.57. The number of nitrogens with one attached hydrogen (secondary N) is 2. The summed E-state index contributed by atoms with van der Waals surface area (Å²) in [6, 6.07) is 7.65. The highest BCUT2D eigenvalue weighted by Crippen LogP contribution is 2.08. The first-order valence-electron chi connectivity index (χ1n) is 7.83. The summed E-state index contributed by atoms with van der Waals surface area (Å²) in [7, 11) is 0. The van der Waals surface area contributed by atoms with Crippen LogP contribution < -0.4 is 10.6 Å². The van der Waals surface area contributed by atoms with Crippen LogP contribution >= 0.6 is 0 Å². The third-order valence-corrected chi connectivity index (χ3v) is 3.87. The fourth-order valence-electron chi connectivity index (χ4n) is 2.58. The van der Waals surface area contributed by atoms with Gasteiger partial charge in [-0.25, -0.2) is 4.68 Å². The highest BCUT2D eigenvalue weighted by Gasteiger charge is 2.09. The van der Waals surface area contributed by atoms with E-state index in [1.807, 2.05) is 24.3 Å². The monoisotopic (exact) mass is 315 g/mol. The van der Waals surface area contributed by atoms with Crippen molar-refractivity contribution in [2.45, 2.75) is 6.42 Å². The minimum Gasteiger partial charge on any atom is -0.355 e. The summed E-state index contributed by atoms with van der Waals surface area (Å²) in [5.74, 6) is 0.0512. The van der Waals surface area contributed by atoms with Gasteiger partial charge >= 0.3 is 0 Å². The van der Waals surface area contributed by atoms with Crippen LogP contribution in [0.2, 0.25) is 0 Å². The van der Waals surface area contributed by atoms with Crippen molar-refractivity contribution in [1.82, 2.24) is 35.7 Å². The Kier molecular flexibility index (Phi) is 5.28. The summed E-state index contributed by atoms with van der Waals surface area (Å²) in [5, 5.41) is 17.3.